The van der Waals surface area contributed by atoms with Crippen LogP contribution in [0.1, 0.15) is 52.7 Å². The molecule has 0 saturated carbocycles. The molecule has 0 spiro atoms. The third kappa shape index (κ3) is 4.03. The van der Waals surface area contributed by atoms with Crippen molar-refractivity contribution < 1.29 is 19.1 Å². The quantitative estimate of drug-likeness (QED) is 0.826. The van der Waals surface area contributed by atoms with Crippen LogP contribution in [0.5, 0.6) is 0 Å². The zero-order chi connectivity index (χ0) is 18.0. The lowest BCUT2D eigenvalue weighted by atomic mass is 9.90. The number of nitrogens with two attached hydrogens (primary N) is 1. The fourth-order valence-electron chi connectivity index (χ4n) is 3.61. The zero-order valence-electron chi connectivity index (χ0n) is 14.5. The Hall–Kier alpha value is -1.89. The van der Waals surface area contributed by atoms with E-state index in [-0.39, 0.29) is 12.5 Å². The third-order valence-corrected chi connectivity index (χ3v) is 6.23. The highest BCUT2D eigenvalue weighted by Gasteiger charge is 2.31. The van der Waals surface area contributed by atoms with Crippen molar-refractivity contribution in [2.24, 2.45) is 11.7 Å². The van der Waals surface area contributed by atoms with Crippen LogP contribution in [0.4, 0.5) is 0 Å². The van der Waals surface area contributed by atoms with Crippen molar-refractivity contribution >= 4 is 29.1 Å². The monoisotopic (exact) mass is 364 g/mol. The van der Waals surface area contributed by atoms with Gasteiger partial charge in [0.15, 0.2) is 6.61 Å². The number of amides is 2. The first kappa shape index (κ1) is 17.9. The summed E-state index contributed by atoms with van der Waals surface area (Å²) in [7, 11) is 0. The number of ether oxygens (including phenoxy) is 1. The lowest BCUT2D eigenvalue weighted by molar-refractivity contribution is -0.143. The first-order chi connectivity index (χ1) is 12.0. The van der Waals surface area contributed by atoms with Crippen LogP contribution >= 0.6 is 11.3 Å². The molecule has 1 saturated heterocycles. The van der Waals surface area contributed by atoms with Crippen LogP contribution in [-0.2, 0) is 27.2 Å². The minimum Gasteiger partial charge on any atom is -0.451 e. The maximum absolute atomic E-state index is 12.3. The number of nitrogens with zero attached hydrogens (tertiary/aromatic N) is 1. The molecule has 1 aliphatic carbocycles. The molecule has 2 aliphatic rings. The third-order valence-electron chi connectivity index (χ3n) is 5.01. The Bertz CT molecular complexity index is 685. The van der Waals surface area contributed by atoms with Gasteiger partial charge in [0, 0.05) is 11.4 Å². The summed E-state index contributed by atoms with van der Waals surface area (Å²) in [6, 6.07) is 1.31. The highest BCUT2D eigenvalue weighted by molar-refractivity contribution is 7.14. The van der Waals surface area contributed by atoms with Gasteiger partial charge in [-0.15, -0.1) is 11.3 Å². The average molecular weight is 364 g/mol. The fourth-order valence-corrected chi connectivity index (χ4v) is 4.72. The molecule has 2 heterocycles. The Morgan fingerprint density at radius 2 is 2.12 bits per heavy atom. The number of carbonyl (C=O) groups is 3. The van der Waals surface area contributed by atoms with Gasteiger partial charge in [0.25, 0.3) is 5.91 Å². The van der Waals surface area contributed by atoms with Gasteiger partial charge in [-0.25, -0.2) is 4.79 Å². The summed E-state index contributed by atoms with van der Waals surface area (Å²) in [5.41, 5.74) is 6.60. The molecule has 25 heavy (non-hydrogen) atoms. The van der Waals surface area contributed by atoms with Crippen molar-refractivity contribution in [1.82, 2.24) is 4.90 Å². The van der Waals surface area contributed by atoms with Gasteiger partial charge in [0.1, 0.15) is 10.9 Å². The maximum Gasteiger partial charge on any atom is 0.348 e. The summed E-state index contributed by atoms with van der Waals surface area (Å²) in [5, 5.41) is 0. The van der Waals surface area contributed by atoms with E-state index in [1.165, 1.54) is 26.7 Å². The van der Waals surface area contributed by atoms with Crippen LogP contribution in [0.15, 0.2) is 6.07 Å². The van der Waals surface area contributed by atoms with Crippen molar-refractivity contribution in [1.29, 1.82) is 0 Å². The summed E-state index contributed by atoms with van der Waals surface area (Å²) < 4.78 is 5.20. The normalized spacial score (nSPS) is 23.0. The summed E-state index contributed by atoms with van der Waals surface area (Å²) in [6.07, 6.45) is 5.41. The van der Waals surface area contributed by atoms with Crippen molar-refractivity contribution in [3.8, 4) is 0 Å². The van der Waals surface area contributed by atoms with Gasteiger partial charge < -0.3 is 15.4 Å². The lowest BCUT2D eigenvalue weighted by Crippen LogP contribution is -2.51. The zero-order valence-corrected chi connectivity index (χ0v) is 15.3. The van der Waals surface area contributed by atoms with Gasteiger partial charge in [-0.05, 0) is 56.1 Å². The Morgan fingerprint density at radius 3 is 2.88 bits per heavy atom. The molecular weight excluding hydrogens is 340 g/mol. The van der Waals surface area contributed by atoms with E-state index in [9.17, 15) is 14.4 Å². The number of likely N-dealkylation sites (tertiary alicyclic amines) is 1. The predicted molar refractivity (Wildman–Crippen MR) is 94.3 cm³/mol. The van der Waals surface area contributed by atoms with E-state index in [2.05, 4.69) is 6.92 Å². The van der Waals surface area contributed by atoms with E-state index in [0.717, 1.165) is 32.1 Å². The standard InChI is InChI=1S/C18H24N2O4S/c1-11-5-6-14-12(8-11)9-15(25-14)18(23)24-10-16(21)20-7-3-2-4-13(20)17(19)22/h9,11,13H,2-8,10H2,1H3,(H2,19,22)/t11-,13+/m1/s1. The number of hydrogen-bond donors (Lipinski definition) is 1. The fraction of sp³-hybridized carbons (Fsp3) is 0.611. The van der Waals surface area contributed by atoms with E-state index >= 15 is 0 Å². The van der Waals surface area contributed by atoms with E-state index in [1.807, 2.05) is 6.07 Å². The van der Waals surface area contributed by atoms with Gasteiger partial charge >= 0.3 is 5.97 Å². The van der Waals surface area contributed by atoms with Crippen molar-refractivity contribution in [3.63, 3.8) is 0 Å². The first-order valence-corrected chi connectivity index (χ1v) is 9.65. The molecule has 6 nitrogen and oxygen atoms in total. The Balaban J connectivity index is 1.58. The molecular formula is C18H24N2O4S. The molecule has 2 N–H and O–H groups in total. The Kier molecular flexibility index (Phi) is 5.42. The number of rotatable bonds is 4. The number of thiophene rings is 1. The second kappa shape index (κ2) is 7.56. The second-order valence-electron chi connectivity index (χ2n) is 6.98. The molecule has 1 fully saturated rings. The van der Waals surface area contributed by atoms with Crippen LogP contribution in [0.3, 0.4) is 0 Å². The van der Waals surface area contributed by atoms with Crippen LogP contribution in [0, 0.1) is 5.92 Å². The molecule has 0 aromatic carbocycles. The highest BCUT2D eigenvalue weighted by Crippen LogP contribution is 2.32. The summed E-state index contributed by atoms with van der Waals surface area (Å²) in [6.45, 7) is 2.35. The summed E-state index contributed by atoms with van der Waals surface area (Å²) >= 11 is 1.46. The van der Waals surface area contributed by atoms with E-state index in [1.54, 1.807) is 0 Å². The molecule has 1 aromatic heterocycles. The topological polar surface area (TPSA) is 89.7 Å². The number of aryl methyl sites for hydroxylation is 1. The molecule has 0 radical (unpaired) electrons. The molecule has 1 aliphatic heterocycles. The Morgan fingerprint density at radius 1 is 1.32 bits per heavy atom. The average Bonchev–Trinajstić information content (AvgIpc) is 3.02. The van der Waals surface area contributed by atoms with Crippen LogP contribution < -0.4 is 5.73 Å². The molecule has 2 atom stereocenters. The molecule has 0 bridgehead atoms. The largest absolute Gasteiger partial charge is 0.451 e. The molecule has 3 rings (SSSR count). The van der Waals surface area contributed by atoms with E-state index in [0.29, 0.717) is 23.8 Å². The maximum atomic E-state index is 12.3. The number of carbonyl (C=O) groups excluding carboxylic acids is 3. The van der Waals surface area contributed by atoms with Gasteiger partial charge in [-0.3, -0.25) is 9.59 Å². The molecule has 2 amide bonds. The smallest absolute Gasteiger partial charge is 0.348 e. The minimum atomic E-state index is -0.588. The van der Waals surface area contributed by atoms with E-state index in [4.69, 9.17) is 10.5 Å². The lowest BCUT2D eigenvalue weighted by Gasteiger charge is -2.33. The first-order valence-electron chi connectivity index (χ1n) is 8.83. The number of piperidine rings is 1. The number of hydrogen-bond acceptors (Lipinski definition) is 5. The van der Waals surface area contributed by atoms with Gasteiger partial charge in [-0.1, -0.05) is 6.92 Å². The van der Waals surface area contributed by atoms with Gasteiger partial charge in [0.05, 0.1) is 0 Å². The molecule has 1 aromatic rings. The van der Waals surface area contributed by atoms with Crippen molar-refractivity contribution in [3.05, 3.63) is 21.4 Å². The van der Waals surface area contributed by atoms with Crippen LogP contribution in [-0.4, -0.2) is 41.9 Å². The molecule has 136 valence electrons. The minimum absolute atomic E-state index is 0.346. The second-order valence-corrected chi connectivity index (χ2v) is 8.12. The Labute approximate surface area is 151 Å². The summed E-state index contributed by atoms with van der Waals surface area (Å²) in [5.74, 6) is -0.684. The van der Waals surface area contributed by atoms with Gasteiger partial charge in [0.2, 0.25) is 5.91 Å². The van der Waals surface area contributed by atoms with E-state index < -0.39 is 17.9 Å². The van der Waals surface area contributed by atoms with Crippen molar-refractivity contribution in [2.45, 2.75) is 51.5 Å². The number of esters is 1. The highest BCUT2D eigenvalue weighted by atomic mass is 32.1. The molecule has 0 unspecified atom stereocenters. The van der Waals surface area contributed by atoms with Gasteiger partial charge in [-0.2, -0.15) is 0 Å². The predicted octanol–water partition coefficient (Wildman–Crippen LogP) is 1.90. The van der Waals surface area contributed by atoms with Crippen molar-refractivity contribution in [2.75, 3.05) is 13.2 Å². The molecule has 7 heteroatoms. The van der Waals surface area contributed by atoms with Crippen LogP contribution in [0.25, 0.3) is 0 Å². The summed E-state index contributed by atoms with van der Waals surface area (Å²) in [4.78, 5) is 39.3. The van der Waals surface area contributed by atoms with Crippen LogP contribution in [0.2, 0.25) is 0 Å². The number of primary amides is 1. The SMILES string of the molecule is C[C@@H]1CCc2sc(C(=O)OCC(=O)N3CCCC[C@H]3C(N)=O)cc2C1. The number of fused-ring (bicyclic) bond motifs is 1.